The number of likely N-dealkylation sites (tertiary alicyclic amines) is 2. The normalized spacial score (nSPS) is 25.5. The maximum absolute atomic E-state index is 13.9. The van der Waals surface area contributed by atoms with E-state index in [9.17, 15) is 14.0 Å². The molecule has 0 radical (unpaired) electrons. The molecule has 136 valence electrons. The number of alkyl halides is 1. The van der Waals surface area contributed by atoms with Crippen LogP contribution in [0.25, 0.3) is 0 Å². The minimum atomic E-state index is -1.55. The first-order chi connectivity index (χ1) is 11.1. The number of piperidine rings is 2. The second-order valence-corrected chi connectivity index (χ2v) is 8.72. The van der Waals surface area contributed by atoms with Crippen LogP contribution in [0.1, 0.15) is 59.3 Å². The van der Waals surface area contributed by atoms with E-state index in [-0.39, 0.29) is 17.4 Å². The average Bonchev–Trinajstić information content (AvgIpc) is 3.25. The summed E-state index contributed by atoms with van der Waals surface area (Å²) in [6.07, 6.45) is 4.24. The summed E-state index contributed by atoms with van der Waals surface area (Å²) < 4.78 is 19.4. The van der Waals surface area contributed by atoms with Crippen LogP contribution in [0.15, 0.2) is 0 Å². The van der Waals surface area contributed by atoms with Crippen molar-refractivity contribution in [2.24, 2.45) is 5.41 Å². The lowest BCUT2D eigenvalue weighted by Gasteiger charge is -2.47. The number of amides is 2. The lowest BCUT2D eigenvalue weighted by Crippen LogP contribution is -2.51. The molecule has 0 aromatic heterocycles. The molecule has 24 heavy (non-hydrogen) atoms. The standard InChI is InChI=1S/C18H29FN2O3/c1-16(2,3)24-15(23)21-12-8-17(9-13-21)6-10-20(11-7-17)14(22)18(19)4-5-18/h4-13H2,1-3H3. The van der Waals surface area contributed by atoms with Crippen LogP contribution in [-0.2, 0) is 9.53 Å². The molecule has 0 aromatic rings. The van der Waals surface area contributed by atoms with Crippen molar-refractivity contribution in [2.45, 2.75) is 70.6 Å². The number of halogens is 1. The molecule has 3 fully saturated rings. The first kappa shape index (κ1) is 17.5. The zero-order valence-electron chi connectivity index (χ0n) is 15.1. The molecule has 2 amide bonds. The van der Waals surface area contributed by atoms with Gasteiger partial charge in [-0.05, 0) is 64.7 Å². The maximum atomic E-state index is 13.9. The Bertz CT molecular complexity index is 507. The fraction of sp³-hybridized carbons (Fsp3) is 0.889. The van der Waals surface area contributed by atoms with Gasteiger partial charge < -0.3 is 14.5 Å². The molecule has 3 aliphatic rings. The maximum Gasteiger partial charge on any atom is 0.410 e. The van der Waals surface area contributed by atoms with Crippen molar-refractivity contribution in [1.82, 2.24) is 9.80 Å². The zero-order chi connectivity index (χ0) is 17.6. The molecule has 2 saturated heterocycles. The van der Waals surface area contributed by atoms with Crippen LogP contribution in [0.2, 0.25) is 0 Å². The topological polar surface area (TPSA) is 49.9 Å². The van der Waals surface area contributed by atoms with Crippen molar-refractivity contribution >= 4 is 12.0 Å². The Morgan fingerprint density at radius 1 is 0.875 bits per heavy atom. The van der Waals surface area contributed by atoms with Crippen molar-refractivity contribution in [3.8, 4) is 0 Å². The largest absolute Gasteiger partial charge is 0.444 e. The minimum Gasteiger partial charge on any atom is -0.444 e. The summed E-state index contributed by atoms with van der Waals surface area (Å²) in [5.74, 6) is -0.302. The van der Waals surface area contributed by atoms with Crippen molar-refractivity contribution in [3.05, 3.63) is 0 Å². The molecule has 1 saturated carbocycles. The van der Waals surface area contributed by atoms with Crippen molar-refractivity contribution in [1.29, 1.82) is 0 Å². The highest BCUT2D eigenvalue weighted by Crippen LogP contribution is 2.45. The molecular formula is C18H29FN2O3. The number of hydrogen-bond donors (Lipinski definition) is 0. The summed E-state index contributed by atoms with van der Waals surface area (Å²) in [7, 11) is 0. The van der Waals surface area contributed by atoms with Crippen LogP contribution in [0.3, 0.4) is 0 Å². The molecule has 3 rings (SSSR count). The molecular weight excluding hydrogens is 311 g/mol. The van der Waals surface area contributed by atoms with Crippen LogP contribution >= 0.6 is 0 Å². The van der Waals surface area contributed by atoms with Crippen molar-refractivity contribution in [2.75, 3.05) is 26.2 Å². The van der Waals surface area contributed by atoms with Gasteiger partial charge in [-0.25, -0.2) is 9.18 Å². The van der Waals surface area contributed by atoms with E-state index in [4.69, 9.17) is 4.74 Å². The van der Waals surface area contributed by atoms with Crippen molar-refractivity contribution < 1.29 is 18.7 Å². The number of nitrogens with zero attached hydrogens (tertiary/aromatic N) is 2. The number of hydrogen-bond acceptors (Lipinski definition) is 3. The van der Waals surface area contributed by atoms with Crippen LogP contribution in [0.4, 0.5) is 9.18 Å². The van der Waals surface area contributed by atoms with Gasteiger partial charge in [-0.1, -0.05) is 0 Å². The van der Waals surface area contributed by atoms with E-state index in [2.05, 4.69) is 0 Å². The van der Waals surface area contributed by atoms with Gasteiger partial charge in [-0.2, -0.15) is 0 Å². The Hall–Kier alpha value is -1.33. The summed E-state index contributed by atoms with van der Waals surface area (Å²) in [5.41, 5.74) is -1.82. The van der Waals surface area contributed by atoms with Crippen molar-refractivity contribution in [3.63, 3.8) is 0 Å². The van der Waals surface area contributed by atoms with E-state index in [1.54, 1.807) is 9.80 Å². The Balaban J connectivity index is 1.48. The minimum absolute atomic E-state index is 0.197. The first-order valence-corrected chi connectivity index (χ1v) is 9.09. The molecule has 1 aliphatic carbocycles. The van der Waals surface area contributed by atoms with Crippen LogP contribution < -0.4 is 0 Å². The predicted octanol–water partition coefficient (Wildman–Crippen LogP) is 3.13. The average molecular weight is 340 g/mol. The Morgan fingerprint density at radius 2 is 1.33 bits per heavy atom. The first-order valence-electron chi connectivity index (χ1n) is 9.09. The smallest absolute Gasteiger partial charge is 0.410 e. The van der Waals surface area contributed by atoms with E-state index in [0.717, 1.165) is 25.7 Å². The summed E-state index contributed by atoms with van der Waals surface area (Å²) in [5, 5.41) is 0. The van der Waals surface area contributed by atoms with Gasteiger partial charge in [-0.3, -0.25) is 4.79 Å². The van der Waals surface area contributed by atoms with Gasteiger partial charge in [0.25, 0.3) is 5.91 Å². The predicted molar refractivity (Wildman–Crippen MR) is 88.4 cm³/mol. The highest BCUT2D eigenvalue weighted by atomic mass is 19.1. The highest BCUT2D eigenvalue weighted by molar-refractivity contribution is 5.88. The third-order valence-corrected chi connectivity index (χ3v) is 5.66. The fourth-order valence-electron chi connectivity index (χ4n) is 3.78. The molecule has 5 nitrogen and oxygen atoms in total. The third-order valence-electron chi connectivity index (χ3n) is 5.66. The number of carbonyl (C=O) groups is 2. The second kappa shape index (κ2) is 5.88. The van der Waals surface area contributed by atoms with Gasteiger partial charge in [-0.15, -0.1) is 0 Å². The Kier molecular flexibility index (Phi) is 4.29. The van der Waals surface area contributed by atoms with Gasteiger partial charge in [0, 0.05) is 26.2 Å². The molecule has 2 heterocycles. The Morgan fingerprint density at radius 3 is 1.75 bits per heavy atom. The SMILES string of the molecule is CC(C)(C)OC(=O)N1CCC2(CC1)CCN(C(=O)C1(F)CC1)CC2. The van der Waals surface area contributed by atoms with Gasteiger partial charge in [0.2, 0.25) is 0 Å². The van der Waals surface area contributed by atoms with E-state index in [1.165, 1.54) is 0 Å². The number of ether oxygens (including phenoxy) is 1. The van der Waals surface area contributed by atoms with Gasteiger partial charge in [0.1, 0.15) is 5.60 Å². The van der Waals surface area contributed by atoms with Gasteiger partial charge in [0.05, 0.1) is 0 Å². The van der Waals surface area contributed by atoms with Gasteiger partial charge >= 0.3 is 6.09 Å². The quantitative estimate of drug-likeness (QED) is 0.737. The monoisotopic (exact) mass is 340 g/mol. The molecule has 0 bridgehead atoms. The fourth-order valence-corrected chi connectivity index (χ4v) is 3.78. The second-order valence-electron chi connectivity index (χ2n) is 8.72. The highest BCUT2D eigenvalue weighted by Gasteiger charge is 2.53. The van der Waals surface area contributed by atoms with E-state index in [1.807, 2.05) is 20.8 Å². The Labute approximate surface area is 143 Å². The van der Waals surface area contributed by atoms with Crippen LogP contribution in [0.5, 0.6) is 0 Å². The van der Waals surface area contributed by atoms with Crippen LogP contribution in [-0.4, -0.2) is 59.2 Å². The molecule has 1 spiro atoms. The summed E-state index contributed by atoms with van der Waals surface area (Å²) in [6.45, 7) is 8.33. The molecule has 0 aromatic carbocycles. The summed E-state index contributed by atoms with van der Waals surface area (Å²) >= 11 is 0. The van der Waals surface area contributed by atoms with E-state index >= 15 is 0 Å². The number of rotatable bonds is 1. The lowest BCUT2D eigenvalue weighted by molar-refractivity contribution is -0.141. The van der Waals surface area contributed by atoms with Gasteiger partial charge in [0.15, 0.2) is 5.67 Å². The van der Waals surface area contributed by atoms with E-state index in [0.29, 0.717) is 39.0 Å². The van der Waals surface area contributed by atoms with E-state index < -0.39 is 11.3 Å². The zero-order valence-corrected chi connectivity index (χ0v) is 15.1. The molecule has 2 aliphatic heterocycles. The number of carbonyl (C=O) groups excluding carboxylic acids is 2. The molecule has 6 heteroatoms. The molecule has 0 N–H and O–H groups in total. The third kappa shape index (κ3) is 3.67. The summed E-state index contributed by atoms with van der Waals surface area (Å²) in [6, 6.07) is 0. The summed E-state index contributed by atoms with van der Waals surface area (Å²) in [4.78, 5) is 27.8. The van der Waals surface area contributed by atoms with Crippen LogP contribution in [0, 0.1) is 5.41 Å². The lowest BCUT2D eigenvalue weighted by atomic mass is 9.71. The molecule has 0 atom stereocenters. The molecule has 0 unspecified atom stereocenters.